The Balaban J connectivity index is 2.97. The Hall–Kier alpha value is -1.95. The number of methoxy groups -OCH3 is 2. The van der Waals surface area contributed by atoms with E-state index in [0.717, 1.165) is 0 Å². The second-order valence-corrected chi connectivity index (χ2v) is 4.66. The van der Waals surface area contributed by atoms with Crippen LogP contribution in [-0.4, -0.2) is 49.8 Å². The van der Waals surface area contributed by atoms with Crippen molar-refractivity contribution in [2.45, 2.75) is 19.4 Å². The number of amides is 1. The number of carbonyl (C=O) groups is 1. The van der Waals surface area contributed by atoms with E-state index in [0.29, 0.717) is 35.7 Å². The molecule has 0 aromatic heterocycles. The van der Waals surface area contributed by atoms with Gasteiger partial charge < -0.3 is 25.2 Å². The third kappa shape index (κ3) is 3.77. The quantitative estimate of drug-likeness (QED) is 0.764. The Bertz CT molecular complexity index is 474. The summed E-state index contributed by atoms with van der Waals surface area (Å²) in [4.78, 5) is 13.8. The predicted octanol–water partition coefficient (Wildman–Crippen LogP) is 1.13. The average Bonchev–Trinajstić information content (AvgIpc) is 2.43. The Morgan fingerprint density at radius 1 is 1.35 bits per heavy atom. The third-order valence-corrected chi connectivity index (χ3v) is 3.02. The van der Waals surface area contributed by atoms with Gasteiger partial charge in [0.2, 0.25) is 0 Å². The van der Waals surface area contributed by atoms with E-state index in [1.165, 1.54) is 19.1 Å². The molecule has 0 aliphatic rings. The summed E-state index contributed by atoms with van der Waals surface area (Å²) in [5.41, 5.74) is 6.57. The van der Waals surface area contributed by atoms with Crippen LogP contribution in [0.5, 0.6) is 11.5 Å². The highest BCUT2D eigenvalue weighted by molar-refractivity contribution is 5.99. The van der Waals surface area contributed by atoms with Gasteiger partial charge in [-0.2, -0.15) is 0 Å². The highest BCUT2D eigenvalue weighted by atomic mass is 16.5. The lowest BCUT2D eigenvalue weighted by Crippen LogP contribution is -2.30. The van der Waals surface area contributed by atoms with Crippen molar-refractivity contribution in [3.8, 4) is 11.5 Å². The van der Waals surface area contributed by atoms with E-state index in [-0.39, 0.29) is 5.91 Å². The van der Waals surface area contributed by atoms with Crippen LogP contribution in [0.1, 0.15) is 23.7 Å². The molecule has 6 nitrogen and oxygen atoms in total. The van der Waals surface area contributed by atoms with Gasteiger partial charge in [-0.3, -0.25) is 4.79 Å². The van der Waals surface area contributed by atoms with Gasteiger partial charge in [0.1, 0.15) is 0 Å². The molecule has 0 bridgehead atoms. The molecule has 6 heteroatoms. The van der Waals surface area contributed by atoms with Crippen LogP contribution in [0.15, 0.2) is 12.1 Å². The molecule has 0 heterocycles. The molecule has 0 fully saturated rings. The molecule has 1 unspecified atom stereocenters. The first-order valence-electron chi connectivity index (χ1n) is 6.35. The number of hydrogen-bond acceptors (Lipinski definition) is 5. The number of ether oxygens (including phenoxy) is 2. The van der Waals surface area contributed by atoms with Gasteiger partial charge in [0.05, 0.1) is 25.9 Å². The Labute approximate surface area is 119 Å². The normalized spacial score (nSPS) is 11.8. The van der Waals surface area contributed by atoms with Crippen molar-refractivity contribution in [1.29, 1.82) is 0 Å². The summed E-state index contributed by atoms with van der Waals surface area (Å²) >= 11 is 0. The fraction of sp³-hybridized carbons (Fsp3) is 0.500. The van der Waals surface area contributed by atoms with Crippen LogP contribution < -0.4 is 15.2 Å². The van der Waals surface area contributed by atoms with Gasteiger partial charge in [-0.25, -0.2) is 0 Å². The number of benzene rings is 1. The van der Waals surface area contributed by atoms with Gasteiger partial charge >= 0.3 is 0 Å². The molecule has 0 aliphatic carbocycles. The zero-order valence-electron chi connectivity index (χ0n) is 12.3. The van der Waals surface area contributed by atoms with Crippen molar-refractivity contribution in [2.24, 2.45) is 0 Å². The van der Waals surface area contributed by atoms with E-state index >= 15 is 0 Å². The summed E-state index contributed by atoms with van der Waals surface area (Å²) in [6.45, 7) is 2.13. The predicted molar refractivity (Wildman–Crippen MR) is 77.2 cm³/mol. The van der Waals surface area contributed by atoms with E-state index in [9.17, 15) is 9.90 Å². The average molecular weight is 282 g/mol. The molecular weight excluding hydrogens is 260 g/mol. The first-order valence-corrected chi connectivity index (χ1v) is 6.35. The minimum absolute atomic E-state index is 0.218. The molecule has 0 saturated carbocycles. The first-order chi connectivity index (χ1) is 9.40. The number of aliphatic hydroxyl groups is 1. The van der Waals surface area contributed by atoms with Crippen LogP contribution in [0, 0.1) is 0 Å². The number of nitrogens with two attached hydrogens (primary N) is 1. The number of aliphatic hydroxyl groups excluding tert-OH is 1. The Morgan fingerprint density at radius 2 is 1.90 bits per heavy atom. The van der Waals surface area contributed by atoms with Crippen molar-refractivity contribution < 1.29 is 19.4 Å². The standard InChI is InChI=1S/C14H22N2O4/c1-9(17)5-6-16(2)14(18)10-7-12(19-3)13(20-4)8-11(10)15/h7-9,17H,5-6,15H2,1-4H3. The van der Waals surface area contributed by atoms with Crippen molar-refractivity contribution in [3.63, 3.8) is 0 Å². The van der Waals surface area contributed by atoms with Gasteiger partial charge in [-0.05, 0) is 19.4 Å². The lowest BCUT2D eigenvalue weighted by molar-refractivity contribution is 0.0769. The SMILES string of the molecule is COc1cc(N)c(C(=O)N(C)CCC(C)O)cc1OC. The minimum Gasteiger partial charge on any atom is -0.493 e. The van der Waals surface area contributed by atoms with Crippen molar-refractivity contribution in [2.75, 3.05) is 33.5 Å². The van der Waals surface area contributed by atoms with Gasteiger partial charge in [0.25, 0.3) is 5.91 Å². The van der Waals surface area contributed by atoms with Crippen LogP contribution in [0.3, 0.4) is 0 Å². The molecule has 0 saturated heterocycles. The van der Waals surface area contributed by atoms with E-state index in [1.807, 2.05) is 0 Å². The van der Waals surface area contributed by atoms with Crippen LogP contribution in [0.4, 0.5) is 5.69 Å². The highest BCUT2D eigenvalue weighted by Crippen LogP contribution is 2.32. The van der Waals surface area contributed by atoms with Crippen LogP contribution in [0.25, 0.3) is 0 Å². The van der Waals surface area contributed by atoms with Crippen LogP contribution in [0.2, 0.25) is 0 Å². The molecule has 1 aromatic rings. The summed E-state index contributed by atoms with van der Waals surface area (Å²) < 4.78 is 10.3. The number of nitrogen functional groups attached to an aromatic ring is 1. The fourth-order valence-electron chi connectivity index (χ4n) is 1.77. The number of hydrogen-bond donors (Lipinski definition) is 2. The zero-order chi connectivity index (χ0) is 15.3. The molecule has 1 atom stereocenters. The van der Waals surface area contributed by atoms with E-state index in [4.69, 9.17) is 15.2 Å². The summed E-state index contributed by atoms with van der Waals surface area (Å²) in [5, 5.41) is 9.26. The number of nitrogens with zero attached hydrogens (tertiary/aromatic N) is 1. The van der Waals surface area contributed by atoms with E-state index < -0.39 is 6.10 Å². The summed E-state index contributed by atoms with van der Waals surface area (Å²) in [7, 11) is 4.67. The van der Waals surface area contributed by atoms with Crippen molar-refractivity contribution in [3.05, 3.63) is 17.7 Å². The smallest absolute Gasteiger partial charge is 0.255 e. The van der Waals surface area contributed by atoms with E-state index in [1.54, 1.807) is 26.1 Å². The number of carbonyl (C=O) groups excluding carboxylic acids is 1. The number of rotatable bonds is 6. The monoisotopic (exact) mass is 282 g/mol. The first kappa shape index (κ1) is 16.1. The van der Waals surface area contributed by atoms with Gasteiger partial charge in [-0.1, -0.05) is 0 Å². The van der Waals surface area contributed by atoms with Gasteiger partial charge in [0, 0.05) is 25.3 Å². The molecule has 0 aliphatic heterocycles. The summed E-state index contributed by atoms with van der Waals surface area (Å²) in [6, 6.07) is 3.13. The van der Waals surface area contributed by atoms with Crippen molar-refractivity contribution in [1.82, 2.24) is 4.90 Å². The molecule has 20 heavy (non-hydrogen) atoms. The van der Waals surface area contributed by atoms with E-state index in [2.05, 4.69) is 0 Å². The second kappa shape index (κ2) is 7.00. The third-order valence-electron chi connectivity index (χ3n) is 3.02. The fourth-order valence-corrected chi connectivity index (χ4v) is 1.77. The second-order valence-electron chi connectivity index (χ2n) is 4.66. The maximum Gasteiger partial charge on any atom is 0.255 e. The molecule has 1 rings (SSSR count). The lowest BCUT2D eigenvalue weighted by Gasteiger charge is -2.20. The van der Waals surface area contributed by atoms with Crippen LogP contribution in [-0.2, 0) is 0 Å². The molecule has 0 radical (unpaired) electrons. The minimum atomic E-state index is -0.451. The summed E-state index contributed by atoms with van der Waals surface area (Å²) in [5.74, 6) is 0.714. The topological polar surface area (TPSA) is 85.0 Å². The maximum absolute atomic E-state index is 12.3. The lowest BCUT2D eigenvalue weighted by atomic mass is 10.1. The zero-order valence-corrected chi connectivity index (χ0v) is 12.3. The molecular formula is C14H22N2O4. The highest BCUT2D eigenvalue weighted by Gasteiger charge is 2.18. The maximum atomic E-state index is 12.3. The molecule has 112 valence electrons. The van der Waals surface area contributed by atoms with Gasteiger partial charge in [-0.15, -0.1) is 0 Å². The molecule has 0 spiro atoms. The summed E-state index contributed by atoms with van der Waals surface area (Å²) in [6.07, 6.45) is 0.0584. The molecule has 1 amide bonds. The Morgan fingerprint density at radius 3 is 2.40 bits per heavy atom. The molecule has 1 aromatic carbocycles. The number of anilines is 1. The Kier molecular flexibility index (Phi) is 5.64. The largest absolute Gasteiger partial charge is 0.493 e. The van der Waals surface area contributed by atoms with Gasteiger partial charge in [0.15, 0.2) is 11.5 Å². The van der Waals surface area contributed by atoms with Crippen molar-refractivity contribution >= 4 is 11.6 Å². The molecule has 3 N–H and O–H groups in total. The van der Waals surface area contributed by atoms with Crippen LogP contribution >= 0.6 is 0 Å².